The third kappa shape index (κ3) is 1.90. The Hall–Kier alpha value is -2.21. The second-order valence-corrected chi connectivity index (χ2v) is 4.31. The van der Waals surface area contributed by atoms with Gasteiger partial charge in [-0.05, 0) is 6.07 Å². The van der Waals surface area contributed by atoms with Gasteiger partial charge in [0.15, 0.2) is 17.8 Å². The second kappa shape index (κ2) is 4.47. The standard InChI is InChI=1S/C12H9ClN2O4/c13-8-3-6(9-4-10(14)19-15-9)11-12(7(8)5-16)18-2-1-17-11/h3-5H,1-2,14H2. The zero-order valence-corrected chi connectivity index (χ0v) is 10.4. The van der Waals surface area contributed by atoms with Gasteiger partial charge in [-0.3, -0.25) is 4.79 Å². The molecule has 7 heteroatoms. The van der Waals surface area contributed by atoms with E-state index in [2.05, 4.69) is 5.16 Å². The summed E-state index contributed by atoms with van der Waals surface area (Å²) in [6.07, 6.45) is 0.636. The van der Waals surface area contributed by atoms with Gasteiger partial charge < -0.3 is 19.7 Å². The molecule has 2 heterocycles. The molecule has 3 rings (SSSR count). The summed E-state index contributed by atoms with van der Waals surface area (Å²) >= 11 is 6.07. The smallest absolute Gasteiger partial charge is 0.222 e. The quantitative estimate of drug-likeness (QED) is 0.848. The number of rotatable bonds is 2. The van der Waals surface area contributed by atoms with Crippen LogP contribution < -0.4 is 15.2 Å². The van der Waals surface area contributed by atoms with Gasteiger partial charge in [0.2, 0.25) is 5.88 Å². The molecule has 0 fully saturated rings. The predicted molar refractivity (Wildman–Crippen MR) is 67.7 cm³/mol. The molecule has 0 amide bonds. The number of hydrogen-bond donors (Lipinski definition) is 1. The fourth-order valence-electron chi connectivity index (χ4n) is 1.91. The third-order valence-corrected chi connectivity index (χ3v) is 3.03. The molecule has 1 aromatic heterocycles. The Morgan fingerprint density at radius 3 is 2.63 bits per heavy atom. The van der Waals surface area contributed by atoms with Gasteiger partial charge in [0.05, 0.1) is 16.1 Å². The van der Waals surface area contributed by atoms with Gasteiger partial charge in [-0.25, -0.2) is 0 Å². The van der Waals surface area contributed by atoms with E-state index in [4.69, 9.17) is 31.3 Å². The molecule has 6 nitrogen and oxygen atoms in total. The summed E-state index contributed by atoms with van der Waals surface area (Å²) < 4.78 is 15.8. The molecular weight excluding hydrogens is 272 g/mol. The monoisotopic (exact) mass is 280 g/mol. The Morgan fingerprint density at radius 2 is 2.00 bits per heavy atom. The number of nitrogens with two attached hydrogens (primary N) is 1. The number of carbonyl (C=O) groups excluding carboxylic acids is 1. The van der Waals surface area contributed by atoms with E-state index in [0.29, 0.717) is 42.3 Å². The van der Waals surface area contributed by atoms with Gasteiger partial charge in [0, 0.05) is 6.07 Å². The van der Waals surface area contributed by atoms with Crippen LogP contribution in [-0.2, 0) is 0 Å². The summed E-state index contributed by atoms with van der Waals surface area (Å²) in [5.74, 6) is 0.924. The minimum absolute atomic E-state index is 0.177. The Labute approximate surface area is 113 Å². The van der Waals surface area contributed by atoms with Crippen LogP contribution in [0.5, 0.6) is 11.5 Å². The molecule has 98 valence electrons. The molecule has 0 saturated carbocycles. The van der Waals surface area contributed by atoms with Crippen molar-refractivity contribution in [3.8, 4) is 22.8 Å². The molecule has 0 aliphatic carbocycles. The molecule has 0 saturated heterocycles. The van der Waals surface area contributed by atoms with Gasteiger partial charge in [-0.2, -0.15) is 0 Å². The van der Waals surface area contributed by atoms with E-state index in [1.54, 1.807) is 12.1 Å². The fraction of sp³-hybridized carbons (Fsp3) is 0.167. The first-order valence-electron chi connectivity index (χ1n) is 5.50. The van der Waals surface area contributed by atoms with Gasteiger partial charge in [0.1, 0.15) is 18.9 Å². The van der Waals surface area contributed by atoms with E-state index in [1.807, 2.05) is 0 Å². The maximum absolute atomic E-state index is 11.1. The number of nitrogen functional groups attached to an aromatic ring is 1. The van der Waals surface area contributed by atoms with Crippen LogP contribution in [0, 0.1) is 0 Å². The number of aromatic nitrogens is 1. The van der Waals surface area contributed by atoms with Crippen LogP contribution in [0.2, 0.25) is 5.02 Å². The first-order valence-corrected chi connectivity index (χ1v) is 5.88. The summed E-state index contributed by atoms with van der Waals surface area (Å²) in [5.41, 5.74) is 6.80. The summed E-state index contributed by atoms with van der Waals surface area (Å²) in [6.45, 7) is 0.738. The molecule has 0 radical (unpaired) electrons. The maximum Gasteiger partial charge on any atom is 0.222 e. The molecule has 2 aromatic rings. The third-order valence-electron chi connectivity index (χ3n) is 2.72. The lowest BCUT2D eigenvalue weighted by Crippen LogP contribution is -2.17. The first kappa shape index (κ1) is 11.9. The molecule has 2 N–H and O–H groups in total. The Kier molecular flexibility index (Phi) is 2.79. The number of hydrogen-bond acceptors (Lipinski definition) is 6. The van der Waals surface area contributed by atoms with Crippen molar-refractivity contribution in [3.63, 3.8) is 0 Å². The number of halogens is 1. The number of ether oxygens (including phenoxy) is 2. The largest absolute Gasteiger partial charge is 0.485 e. The van der Waals surface area contributed by atoms with Crippen LogP contribution in [0.25, 0.3) is 11.3 Å². The lowest BCUT2D eigenvalue weighted by Gasteiger charge is -2.22. The van der Waals surface area contributed by atoms with Crippen LogP contribution in [0.4, 0.5) is 5.88 Å². The summed E-state index contributed by atoms with van der Waals surface area (Å²) in [7, 11) is 0. The van der Waals surface area contributed by atoms with Crippen molar-refractivity contribution in [3.05, 3.63) is 22.7 Å². The van der Waals surface area contributed by atoms with Crippen molar-refractivity contribution in [2.24, 2.45) is 0 Å². The highest BCUT2D eigenvalue weighted by Gasteiger charge is 2.25. The minimum Gasteiger partial charge on any atom is -0.485 e. The number of carbonyl (C=O) groups is 1. The molecular formula is C12H9ClN2O4. The predicted octanol–water partition coefficient (Wildman–Crippen LogP) is 2.16. The van der Waals surface area contributed by atoms with Crippen molar-refractivity contribution < 1.29 is 18.8 Å². The molecule has 0 spiro atoms. The van der Waals surface area contributed by atoms with Crippen LogP contribution in [0.3, 0.4) is 0 Å². The molecule has 1 aromatic carbocycles. The van der Waals surface area contributed by atoms with Gasteiger partial charge >= 0.3 is 0 Å². The first-order chi connectivity index (χ1) is 9.20. The van der Waals surface area contributed by atoms with Crippen molar-refractivity contribution in [2.45, 2.75) is 0 Å². The lowest BCUT2D eigenvalue weighted by atomic mass is 10.1. The summed E-state index contributed by atoms with van der Waals surface area (Å²) in [5, 5.41) is 4.07. The fourth-order valence-corrected chi connectivity index (χ4v) is 2.15. The molecule has 1 aliphatic heterocycles. The minimum atomic E-state index is 0.177. The Balaban J connectivity index is 2.25. The van der Waals surface area contributed by atoms with Crippen LogP contribution in [-0.4, -0.2) is 24.7 Å². The zero-order valence-electron chi connectivity index (χ0n) is 9.68. The highest BCUT2D eigenvalue weighted by molar-refractivity contribution is 6.33. The average Bonchev–Trinajstić information content (AvgIpc) is 2.84. The highest BCUT2D eigenvalue weighted by Crippen LogP contribution is 2.44. The molecule has 0 bridgehead atoms. The second-order valence-electron chi connectivity index (χ2n) is 3.91. The van der Waals surface area contributed by atoms with E-state index in [1.165, 1.54) is 0 Å². The molecule has 0 unspecified atom stereocenters. The van der Waals surface area contributed by atoms with E-state index in [-0.39, 0.29) is 16.5 Å². The average molecular weight is 281 g/mol. The van der Waals surface area contributed by atoms with Crippen LogP contribution in [0.15, 0.2) is 16.7 Å². The number of benzene rings is 1. The van der Waals surface area contributed by atoms with Crippen molar-refractivity contribution >= 4 is 23.8 Å². The number of aldehydes is 1. The SMILES string of the molecule is Nc1cc(-c2cc(Cl)c(C=O)c3c2OCCO3)no1. The molecule has 1 aliphatic rings. The van der Waals surface area contributed by atoms with Crippen LogP contribution in [0.1, 0.15) is 10.4 Å². The number of anilines is 1. The topological polar surface area (TPSA) is 87.6 Å². The van der Waals surface area contributed by atoms with E-state index < -0.39 is 0 Å². The van der Waals surface area contributed by atoms with Gasteiger partial charge in [-0.1, -0.05) is 16.8 Å². The highest BCUT2D eigenvalue weighted by atomic mass is 35.5. The number of fused-ring (bicyclic) bond motifs is 1. The normalized spacial score (nSPS) is 13.3. The Bertz CT molecular complexity index is 653. The van der Waals surface area contributed by atoms with E-state index >= 15 is 0 Å². The van der Waals surface area contributed by atoms with Gasteiger partial charge in [0.25, 0.3) is 0 Å². The van der Waals surface area contributed by atoms with Crippen molar-refractivity contribution in [2.75, 3.05) is 18.9 Å². The molecule has 0 atom stereocenters. The van der Waals surface area contributed by atoms with Crippen molar-refractivity contribution in [1.82, 2.24) is 5.16 Å². The van der Waals surface area contributed by atoms with Crippen molar-refractivity contribution in [1.29, 1.82) is 0 Å². The summed E-state index contributed by atoms with van der Waals surface area (Å²) in [4.78, 5) is 11.1. The number of nitrogens with zero attached hydrogens (tertiary/aromatic N) is 1. The van der Waals surface area contributed by atoms with E-state index in [9.17, 15) is 4.79 Å². The van der Waals surface area contributed by atoms with Gasteiger partial charge in [-0.15, -0.1) is 0 Å². The van der Waals surface area contributed by atoms with Crippen LogP contribution >= 0.6 is 11.6 Å². The lowest BCUT2D eigenvalue weighted by molar-refractivity contribution is 0.111. The summed E-state index contributed by atoms with van der Waals surface area (Å²) in [6, 6.07) is 3.13. The Morgan fingerprint density at radius 1 is 1.26 bits per heavy atom. The van der Waals surface area contributed by atoms with E-state index in [0.717, 1.165) is 0 Å². The zero-order chi connectivity index (χ0) is 13.4. The molecule has 19 heavy (non-hydrogen) atoms. The maximum atomic E-state index is 11.1.